The molecule has 22 heavy (non-hydrogen) atoms. The molecule has 0 aromatic heterocycles. The second kappa shape index (κ2) is 6.95. The molecule has 1 aromatic rings. The van der Waals surface area contributed by atoms with Crippen LogP contribution in [0.5, 0.6) is 0 Å². The predicted molar refractivity (Wildman–Crippen MR) is 85.7 cm³/mol. The number of carbonyl (C=O) groups is 2. The number of benzene rings is 1. The van der Waals surface area contributed by atoms with Gasteiger partial charge in [0.25, 0.3) is 0 Å². The molecular formula is C18H25NO3. The zero-order valence-corrected chi connectivity index (χ0v) is 13.7. The fourth-order valence-corrected chi connectivity index (χ4v) is 2.65. The second-order valence-corrected chi connectivity index (χ2v) is 6.87. The smallest absolute Gasteiger partial charge is 0.410 e. The van der Waals surface area contributed by atoms with E-state index in [1.165, 1.54) is 0 Å². The van der Waals surface area contributed by atoms with Gasteiger partial charge < -0.3 is 9.64 Å². The van der Waals surface area contributed by atoms with Crippen molar-refractivity contribution >= 4 is 11.9 Å². The molecule has 1 aliphatic heterocycles. The average molecular weight is 303 g/mol. The van der Waals surface area contributed by atoms with Gasteiger partial charge in [-0.2, -0.15) is 0 Å². The third-order valence-electron chi connectivity index (χ3n) is 3.82. The SMILES string of the molecule is CC(C)(C)OC(=O)N1CCC(C(=O)Cc2ccccc2)CC1. The molecule has 120 valence electrons. The van der Waals surface area contributed by atoms with Gasteiger partial charge in [-0.1, -0.05) is 30.3 Å². The summed E-state index contributed by atoms with van der Waals surface area (Å²) in [4.78, 5) is 26.0. The zero-order valence-electron chi connectivity index (χ0n) is 13.7. The van der Waals surface area contributed by atoms with Crippen LogP contribution in [-0.2, 0) is 16.0 Å². The van der Waals surface area contributed by atoms with Gasteiger partial charge >= 0.3 is 6.09 Å². The molecule has 0 atom stereocenters. The Hall–Kier alpha value is -1.84. The van der Waals surface area contributed by atoms with Gasteiger partial charge in [0.2, 0.25) is 0 Å². The van der Waals surface area contributed by atoms with Gasteiger partial charge in [0.1, 0.15) is 11.4 Å². The number of rotatable bonds is 3. The predicted octanol–water partition coefficient (Wildman–Crippen LogP) is 3.45. The molecule has 4 heteroatoms. The highest BCUT2D eigenvalue weighted by Gasteiger charge is 2.29. The summed E-state index contributed by atoms with van der Waals surface area (Å²) in [5.74, 6) is 0.328. The quantitative estimate of drug-likeness (QED) is 0.859. The van der Waals surface area contributed by atoms with E-state index in [9.17, 15) is 9.59 Å². The van der Waals surface area contributed by atoms with Crippen molar-refractivity contribution in [3.63, 3.8) is 0 Å². The summed E-state index contributed by atoms with van der Waals surface area (Å²) in [6, 6.07) is 9.82. The lowest BCUT2D eigenvalue weighted by Crippen LogP contribution is -2.43. The Bertz CT molecular complexity index is 511. The summed E-state index contributed by atoms with van der Waals surface area (Å²) < 4.78 is 5.37. The first kappa shape index (κ1) is 16.5. The number of hydrogen-bond donors (Lipinski definition) is 0. The maximum Gasteiger partial charge on any atom is 0.410 e. The fourth-order valence-electron chi connectivity index (χ4n) is 2.65. The van der Waals surface area contributed by atoms with Crippen molar-refractivity contribution < 1.29 is 14.3 Å². The van der Waals surface area contributed by atoms with Crippen LogP contribution >= 0.6 is 0 Å². The Morgan fingerprint density at radius 2 is 1.73 bits per heavy atom. The van der Waals surface area contributed by atoms with Crippen LogP contribution in [0.4, 0.5) is 4.79 Å². The average Bonchev–Trinajstić information content (AvgIpc) is 2.46. The van der Waals surface area contributed by atoms with Gasteiger partial charge in [-0.15, -0.1) is 0 Å². The number of Topliss-reactive ketones (excluding diaryl/α,β-unsaturated/α-hetero) is 1. The first-order chi connectivity index (χ1) is 10.3. The normalized spacial score (nSPS) is 16.4. The molecule has 0 radical (unpaired) electrons. The van der Waals surface area contributed by atoms with Crippen LogP contribution in [0.25, 0.3) is 0 Å². The van der Waals surface area contributed by atoms with E-state index < -0.39 is 5.60 Å². The highest BCUT2D eigenvalue weighted by atomic mass is 16.6. The van der Waals surface area contributed by atoms with Crippen molar-refractivity contribution in [2.24, 2.45) is 5.92 Å². The van der Waals surface area contributed by atoms with Gasteiger partial charge in [-0.05, 0) is 39.2 Å². The third-order valence-corrected chi connectivity index (χ3v) is 3.82. The number of piperidine rings is 1. The molecule has 1 saturated heterocycles. The number of likely N-dealkylation sites (tertiary alicyclic amines) is 1. The van der Waals surface area contributed by atoms with E-state index in [-0.39, 0.29) is 17.8 Å². The Kier molecular flexibility index (Phi) is 5.22. The van der Waals surface area contributed by atoms with Crippen LogP contribution < -0.4 is 0 Å². The topological polar surface area (TPSA) is 46.6 Å². The molecule has 1 amide bonds. The Balaban J connectivity index is 1.82. The van der Waals surface area contributed by atoms with Gasteiger partial charge in [0.05, 0.1) is 0 Å². The van der Waals surface area contributed by atoms with Crippen molar-refractivity contribution in [1.82, 2.24) is 4.90 Å². The molecule has 0 spiro atoms. The lowest BCUT2D eigenvalue weighted by atomic mass is 9.89. The van der Waals surface area contributed by atoms with Crippen molar-refractivity contribution in [1.29, 1.82) is 0 Å². The van der Waals surface area contributed by atoms with Crippen LogP contribution in [0.3, 0.4) is 0 Å². The van der Waals surface area contributed by atoms with E-state index in [1.807, 2.05) is 51.1 Å². The first-order valence-electron chi connectivity index (χ1n) is 7.90. The highest BCUT2D eigenvalue weighted by molar-refractivity contribution is 5.83. The van der Waals surface area contributed by atoms with E-state index >= 15 is 0 Å². The zero-order chi connectivity index (χ0) is 16.2. The third kappa shape index (κ3) is 4.86. The number of ketones is 1. The van der Waals surface area contributed by atoms with E-state index in [0.29, 0.717) is 19.5 Å². The van der Waals surface area contributed by atoms with E-state index in [4.69, 9.17) is 4.74 Å². The molecule has 0 bridgehead atoms. The molecule has 1 fully saturated rings. The Labute approximate surface area is 132 Å². The summed E-state index contributed by atoms with van der Waals surface area (Å²) in [5.41, 5.74) is 0.582. The number of ether oxygens (including phenoxy) is 1. The lowest BCUT2D eigenvalue weighted by Gasteiger charge is -2.33. The molecule has 0 unspecified atom stereocenters. The maximum absolute atomic E-state index is 12.3. The van der Waals surface area contributed by atoms with Gasteiger partial charge in [0.15, 0.2) is 0 Å². The minimum Gasteiger partial charge on any atom is -0.444 e. The molecule has 1 aromatic carbocycles. The summed E-state index contributed by atoms with van der Waals surface area (Å²) in [7, 11) is 0. The number of carbonyl (C=O) groups excluding carboxylic acids is 2. The molecule has 1 heterocycles. The van der Waals surface area contributed by atoms with Gasteiger partial charge in [-0.25, -0.2) is 4.79 Å². The van der Waals surface area contributed by atoms with E-state index in [1.54, 1.807) is 4.90 Å². The minimum atomic E-state index is -0.475. The molecule has 0 aliphatic carbocycles. The monoisotopic (exact) mass is 303 g/mol. The van der Waals surface area contributed by atoms with E-state index in [2.05, 4.69) is 0 Å². The number of nitrogens with zero attached hydrogens (tertiary/aromatic N) is 1. The van der Waals surface area contributed by atoms with Gasteiger partial charge in [0, 0.05) is 25.4 Å². The standard InChI is InChI=1S/C18H25NO3/c1-18(2,3)22-17(21)19-11-9-15(10-12-19)16(20)13-14-7-5-4-6-8-14/h4-8,15H,9-13H2,1-3H3. The van der Waals surface area contributed by atoms with Crippen LogP contribution in [0.2, 0.25) is 0 Å². The first-order valence-corrected chi connectivity index (χ1v) is 7.90. The van der Waals surface area contributed by atoms with Crippen molar-refractivity contribution in [3.05, 3.63) is 35.9 Å². The molecule has 0 saturated carbocycles. The molecule has 0 N–H and O–H groups in total. The molecule has 4 nitrogen and oxygen atoms in total. The Morgan fingerprint density at radius 3 is 2.27 bits per heavy atom. The second-order valence-electron chi connectivity index (χ2n) is 6.87. The molecule has 1 aliphatic rings. The fraction of sp³-hybridized carbons (Fsp3) is 0.556. The number of amides is 1. The van der Waals surface area contributed by atoms with Crippen molar-refractivity contribution in [3.8, 4) is 0 Å². The highest BCUT2D eigenvalue weighted by Crippen LogP contribution is 2.21. The molecular weight excluding hydrogens is 278 g/mol. The summed E-state index contributed by atoms with van der Waals surface area (Å²) in [5, 5.41) is 0. The van der Waals surface area contributed by atoms with E-state index in [0.717, 1.165) is 18.4 Å². The van der Waals surface area contributed by atoms with Crippen LogP contribution in [0.1, 0.15) is 39.2 Å². The van der Waals surface area contributed by atoms with Crippen LogP contribution in [0, 0.1) is 5.92 Å². The Morgan fingerprint density at radius 1 is 1.14 bits per heavy atom. The van der Waals surface area contributed by atoms with Crippen LogP contribution in [0.15, 0.2) is 30.3 Å². The van der Waals surface area contributed by atoms with Gasteiger partial charge in [-0.3, -0.25) is 4.79 Å². The van der Waals surface area contributed by atoms with Crippen molar-refractivity contribution in [2.75, 3.05) is 13.1 Å². The van der Waals surface area contributed by atoms with Crippen LogP contribution in [-0.4, -0.2) is 35.5 Å². The van der Waals surface area contributed by atoms with Crippen molar-refractivity contribution in [2.45, 2.75) is 45.6 Å². The number of hydrogen-bond acceptors (Lipinski definition) is 3. The maximum atomic E-state index is 12.3. The summed E-state index contributed by atoms with van der Waals surface area (Å²) >= 11 is 0. The minimum absolute atomic E-state index is 0.0545. The largest absolute Gasteiger partial charge is 0.444 e. The molecule has 2 rings (SSSR count). The lowest BCUT2D eigenvalue weighted by molar-refractivity contribution is -0.123. The summed E-state index contributed by atoms with van der Waals surface area (Å²) in [6.45, 7) is 6.78. The summed E-state index contributed by atoms with van der Waals surface area (Å²) in [6.07, 6.45) is 1.66.